The minimum absolute atomic E-state index is 0.173. The summed E-state index contributed by atoms with van der Waals surface area (Å²) in [6, 6.07) is 31.5. The number of benzene rings is 4. The second-order valence-corrected chi connectivity index (χ2v) is 9.74. The molecular weight excluding hydrogens is 528 g/mol. The number of ether oxygens (including phenoxy) is 2. The van der Waals surface area contributed by atoms with Crippen molar-refractivity contribution in [1.82, 2.24) is 0 Å². The molecule has 0 aliphatic heterocycles. The molecule has 216 valence electrons. The molecule has 0 heterocycles. The van der Waals surface area contributed by atoms with Crippen LogP contribution in [0.2, 0.25) is 0 Å². The second kappa shape index (κ2) is 15.2. The van der Waals surface area contributed by atoms with Crippen molar-refractivity contribution >= 4 is 29.2 Å². The molecule has 2 amide bonds. The molecule has 1 N–H and O–H groups in total. The molecule has 0 saturated carbocycles. The molecule has 0 bridgehead atoms. The van der Waals surface area contributed by atoms with Crippen molar-refractivity contribution in [3.63, 3.8) is 0 Å². The number of unbranched alkanes of at least 4 members (excludes halogenated alkanes) is 2. The summed E-state index contributed by atoms with van der Waals surface area (Å²) < 4.78 is 10.9. The summed E-state index contributed by atoms with van der Waals surface area (Å²) in [7, 11) is 1.71. The molecule has 0 saturated heterocycles. The van der Waals surface area contributed by atoms with Crippen LogP contribution in [0.4, 0.5) is 11.4 Å². The number of carbonyl (C=O) groups excluding carboxylic acids is 3. The SMILES string of the molecule is CCOC(=O)CCCCCOc1ccccc1N(C)C(=O)c1ccc(NC(=O)c2ccccc2-c2ccccc2)cc1. The molecule has 7 nitrogen and oxygen atoms in total. The first-order valence-electron chi connectivity index (χ1n) is 14.2. The van der Waals surface area contributed by atoms with Gasteiger partial charge in [-0.25, -0.2) is 0 Å². The molecule has 0 radical (unpaired) electrons. The minimum Gasteiger partial charge on any atom is -0.491 e. The van der Waals surface area contributed by atoms with Crippen LogP contribution in [0, 0.1) is 0 Å². The van der Waals surface area contributed by atoms with Crippen LogP contribution in [0.5, 0.6) is 5.75 Å². The summed E-state index contributed by atoms with van der Waals surface area (Å²) in [6.45, 7) is 2.67. The lowest BCUT2D eigenvalue weighted by Crippen LogP contribution is -2.26. The summed E-state index contributed by atoms with van der Waals surface area (Å²) in [4.78, 5) is 39.5. The predicted octanol–water partition coefficient (Wildman–Crippen LogP) is 7.38. The van der Waals surface area contributed by atoms with Crippen molar-refractivity contribution < 1.29 is 23.9 Å². The van der Waals surface area contributed by atoms with Crippen molar-refractivity contribution in [2.45, 2.75) is 32.6 Å². The van der Waals surface area contributed by atoms with E-state index in [0.717, 1.165) is 30.4 Å². The topological polar surface area (TPSA) is 84.9 Å². The van der Waals surface area contributed by atoms with Gasteiger partial charge in [0.2, 0.25) is 0 Å². The van der Waals surface area contributed by atoms with Crippen LogP contribution in [0.15, 0.2) is 103 Å². The molecule has 4 rings (SSSR count). The van der Waals surface area contributed by atoms with E-state index in [1.54, 1.807) is 49.2 Å². The highest BCUT2D eigenvalue weighted by Crippen LogP contribution is 2.29. The van der Waals surface area contributed by atoms with E-state index in [1.165, 1.54) is 0 Å². The molecule has 0 aliphatic rings. The Kier molecular flexibility index (Phi) is 10.9. The first-order valence-corrected chi connectivity index (χ1v) is 14.2. The lowest BCUT2D eigenvalue weighted by atomic mass is 9.99. The van der Waals surface area contributed by atoms with Crippen LogP contribution in [0.25, 0.3) is 11.1 Å². The lowest BCUT2D eigenvalue weighted by Gasteiger charge is -2.21. The molecule has 4 aromatic rings. The fourth-order valence-corrected chi connectivity index (χ4v) is 4.57. The Morgan fingerprint density at radius 2 is 1.45 bits per heavy atom. The molecule has 42 heavy (non-hydrogen) atoms. The molecule has 0 unspecified atom stereocenters. The molecule has 0 aliphatic carbocycles. The number of hydrogen-bond acceptors (Lipinski definition) is 5. The Hall–Kier alpha value is -4.91. The van der Waals surface area contributed by atoms with Gasteiger partial charge in [-0.2, -0.15) is 0 Å². The van der Waals surface area contributed by atoms with Gasteiger partial charge in [-0.05, 0) is 79.8 Å². The van der Waals surface area contributed by atoms with E-state index in [0.29, 0.717) is 47.9 Å². The fraction of sp³-hybridized carbons (Fsp3) is 0.229. The number of amides is 2. The highest BCUT2D eigenvalue weighted by molar-refractivity contribution is 6.09. The number of esters is 1. The van der Waals surface area contributed by atoms with Gasteiger partial charge in [-0.3, -0.25) is 14.4 Å². The highest BCUT2D eigenvalue weighted by Gasteiger charge is 2.18. The van der Waals surface area contributed by atoms with Gasteiger partial charge in [0.05, 0.1) is 18.9 Å². The van der Waals surface area contributed by atoms with E-state index < -0.39 is 0 Å². The van der Waals surface area contributed by atoms with Gasteiger partial charge in [-0.1, -0.05) is 60.7 Å². The fourth-order valence-electron chi connectivity index (χ4n) is 4.57. The van der Waals surface area contributed by atoms with E-state index in [2.05, 4.69) is 5.32 Å². The maximum atomic E-state index is 13.3. The normalized spacial score (nSPS) is 10.5. The Labute approximate surface area is 247 Å². The number of hydrogen-bond donors (Lipinski definition) is 1. The Morgan fingerprint density at radius 3 is 2.21 bits per heavy atom. The number of nitrogens with zero attached hydrogens (tertiary/aromatic N) is 1. The maximum Gasteiger partial charge on any atom is 0.305 e. The van der Waals surface area contributed by atoms with Crippen molar-refractivity contribution in [2.75, 3.05) is 30.5 Å². The minimum atomic E-state index is -0.224. The van der Waals surface area contributed by atoms with Crippen molar-refractivity contribution in [1.29, 1.82) is 0 Å². The first-order chi connectivity index (χ1) is 20.5. The molecular formula is C35H36N2O5. The number of carbonyl (C=O) groups is 3. The van der Waals surface area contributed by atoms with Gasteiger partial charge in [0, 0.05) is 30.3 Å². The molecule has 0 fully saturated rings. The second-order valence-electron chi connectivity index (χ2n) is 9.74. The van der Waals surface area contributed by atoms with Crippen molar-refractivity contribution in [2.24, 2.45) is 0 Å². The van der Waals surface area contributed by atoms with Gasteiger partial charge >= 0.3 is 5.97 Å². The van der Waals surface area contributed by atoms with E-state index in [1.807, 2.05) is 72.8 Å². The summed E-state index contributed by atoms with van der Waals surface area (Å²) in [5.74, 6) is 0.0119. The lowest BCUT2D eigenvalue weighted by molar-refractivity contribution is -0.143. The Balaban J connectivity index is 1.35. The van der Waals surface area contributed by atoms with Crippen molar-refractivity contribution in [3.8, 4) is 16.9 Å². The van der Waals surface area contributed by atoms with E-state index in [9.17, 15) is 14.4 Å². The third kappa shape index (κ3) is 8.07. The maximum absolute atomic E-state index is 13.3. The average Bonchev–Trinajstić information content (AvgIpc) is 3.03. The third-order valence-corrected chi connectivity index (χ3v) is 6.77. The zero-order valence-electron chi connectivity index (χ0n) is 24.0. The zero-order valence-corrected chi connectivity index (χ0v) is 24.0. The summed E-state index contributed by atoms with van der Waals surface area (Å²) in [6.07, 6.45) is 2.79. The van der Waals surface area contributed by atoms with Crippen LogP contribution in [-0.4, -0.2) is 38.0 Å². The van der Waals surface area contributed by atoms with Crippen LogP contribution >= 0.6 is 0 Å². The zero-order chi connectivity index (χ0) is 29.7. The van der Waals surface area contributed by atoms with Crippen LogP contribution in [0.1, 0.15) is 53.3 Å². The average molecular weight is 565 g/mol. The summed E-state index contributed by atoms with van der Waals surface area (Å²) >= 11 is 0. The van der Waals surface area contributed by atoms with Gasteiger partial charge in [0.25, 0.3) is 11.8 Å². The van der Waals surface area contributed by atoms with Gasteiger partial charge < -0.3 is 19.7 Å². The smallest absolute Gasteiger partial charge is 0.305 e. The van der Waals surface area contributed by atoms with E-state index in [-0.39, 0.29) is 17.8 Å². The largest absolute Gasteiger partial charge is 0.491 e. The Bertz CT molecular complexity index is 1490. The molecule has 0 atom stereocenters. The van der Waals surface area contributed by atoms with Gasteiger partial charge in [-0.15, -0.1) is 0 Å². The van der Waals surface area contributed by atoms with Crippen LogP contribution in [0.3, 0.4) is 0 Å². The van der Waals surface area contributed by atoms with Gasteiger partial charge in [0.15, 0.2) is 0 Å². The first kappa shape index (κ1) is 30.1. The number of nitrogens with one attached hydrogen (secondary N) is 1. The number of para-hydroxylation sites is 2. The standard InChI is InChI=1S/C35H36N2O5/c1-3-41-33(38)20-8-5-13-25-42-32-19-12-11-18-31(32)37(2)35(40)27-21-23-28(24-22-27)36-34(39)30-17-10-9-16-29(30)26-14-6-4-7-15-26/h4,6-7,9-12,14-19,21-24H,3,5,8,13,20,25H2,1-2H3,(H,36,39). The van der Waals surface area contributed by atoms with E-state index in [4.69, 9.17) is 9.47 Å². The summed E-state index contributed by atoms with van der Waals surface area (Å²) in [5, 5.41) is 2.95. The predicted molar refractivity (Wildman–Crippen MR) is 166 cm³/mol. The van der Waals surface area contributed by atoms with E-state index >= 15 is 0 Å². The van der Waals surface area contributed by atoms with Crippen LogP contribution in [-0.2, 0) is 9.53 Å². The number of rotatable bonds is 13. The Morgan fingerprint density at radius 1 is 0.762 bits per heavy atom. The van der Waals surface area contributed by atoms with Crippen LogP contribution < -0.4 is 15.0 Å². The molecule has 4 aromatic carbocycles. The third-order valence-electron chi connectivity index (χ3n) is 6.77. The van der Waals surface area contributed by atoms with Gasteiger partial charge in [0.1, 0.15) is 5.75 Å². The molecule has 0 spiro atoms. The number of anilines is 2. The quantitative estimate of drug-likeness (QED) is 0.135. The molecule has 0 aromatic heterocycles. The van der Waals surface area contributed by atoms with Crippen molar-refractivity contribution in [3.05, 3.63) is 114 Å². The highest BCUT2D eigenvalue weighted by atomic mass is 16.5. The monoisotopic (exact) mass is 564 g/mol. The molecule has 7 heteroatoms. The summed E-state index contributed by atoms with van der Waals surface area (Å²) in [5.41, 5.74) is 4.11.